The first-order chi connectivity index (χ1) is 8.46. The van der Waals surface area contributed by atoms with Crippen LogP contribution in [0.5, 0.6) is 0 Å². The van der Waals surface area contributed by atoms with E-state index in [-0.39, 0.29) is 10.6 Å². The summed E-state index contributed by atoms with van der Waals surface area (Å²) in [4.78, 5) is -0.0515. The zero-order chi connectivity index (χ0) is 13.6. The molecule has 102 valence electrons. The topological polar surface area (TPSA) is 107 Å². The highest BCUT2D eigenvalue weighted by Crippen LogP contribution is 2.25. The van der Waals surface area contributed by atoms with Crippen molar-refractivity contribution in [2.45, 2.75) is 17.7 Å². The van der Waals surface area contributed by atoms with Crippen LogP contribution in [0.3, 0.4) is 0 Å². The Morgan fingerprint density at radius 3 is 2.67 bits per heavy atom. The SMILES string of the molecule is COCCCCNc1cccc(S(N)(=O)=O)c1N. The number of anilines is 2. The molecule has 0 fully saturated rings. The maximum Gasteiger partial charge on any atom is 0.240 e. The molecule has 0 radical (unpaired) electrons. The fourth-order valence-corrected chi connectivity index (χ4v) is 2.23. The van der Waals surface area contributed by atoms with Crippen molar-refractivity contribution in [3.05, 3.63) is 18.2 Å². The Labute approximate surface area is 107 Å². The van der Waals surface area contributed by atoms with E-state index in [1.807, 2.05) is 0 Å². The van der Waals surface area contributed by atoms with Crippen molar-refractivity contribution in [1.82, 2.24) is 0 Å². The second kappa shape index (κ2) is 6.58. The van der Waals surface area contributed by atoms with E-state index >= 15 is 0 Å². The molecule has 0 amide bonds. The van der Waals surface area contributed by atoms with Crippen molar-refractivity contribution in [2.24, 2.45) is 5.14 Å². The highest BCUT2D eigenvalue weighted by molar-refractivity contribution is 7.89. The number of ether oxygens (including phenoxy) is 1. The second-order valence-corrected chi connectivity index (χ2v) is 5.42. The third-order valence-electron chi connectivity index (χ3n) is 2.46. The summed E-state index contributed by atoms with van der Waals surface area (Å²) >= 11 is 0. The first-order valence-electron chi connectivity index (χ1n) is 5.61. The number of benzene rings is 1. The van der Waals surface area contributed by atoms with Crippen LogP contribution in [-0.2, 0) is 14.8 Å². The molecule has 0 aliphatic heterocycles. The molecule has 7 heteroatoms. The molecule has 0 saturated carbocycles. The normalized spacial score (nSPS) is 11.4. The summed E-state index contributed by atoms with van der Waals surface area (Å²) in [6.07, 6.45) is 1.84. The van der Waals surface area contributed by atoms with Gasteiger partial charge in [0.15, 0.2) is 0 Å². The summed E-state index contributed by atoms with van der Waals surface area (Å²) in [7, 11) is -2.13. The van der Waals surface area contributed by atoms with Crippen molar-refractivity contribution in [3.8, 4) is 0 Å². The number of methoxy groups -OCH3 is 1. The molecule has 1 aromatic rings. The average Bonchev–Trinajstić information content (AvgIpc) is 2.29. The Balaban J connectivity index is 2.67. The maximum absolute atomic E-state index is 11.3. The number of primary sulfonamides is 1. The maximum atomic E-state index is 11.3. The zero-order valence-electron chi connectivity index (χ0n) is 10.3. The fourth-order valence-electron chi connectivity index (χ4n) is 1.54. The smallest absolute Gasteiger partial charge is 0.240 e. The Kier molecular flexibility index (Phi) is 5.39. The largest absolute Gasteiger partial charge is 0.396 e. The van der Waals surface area contributed by atoms with Crippen LogP contribution >= 0.6 is 0 Å². The summed E-state index contributed by atoms with van der Waals surface area (Å²) < 4.78 is 27.5. The van der Waals surface area contributed by atoms with Gasteiger partial charge in [0.1, 0.15) is 4.90 Å². The number of nitrogens with one attached hydrogen (secondary N) is 1. The van der Waals surface area contributed by atoms with Gasteiger partial charge in [-0.15, -0.1) is 0 Å². The zero-order valence-corrected chi connectivity index (χ0v) is 11.2. The van der Waals surface area contributed by atoms with Crippen LogP contribution in [0.1, 0.15) is 12.8 Å². The lowest BCUT2D eigenvalue weighted by atomic mass is 10.2. The summed E-state index contributed by atoms with van der Waals surface area (Å²) in [5.74, 6) is 0. The first-order valence-corrected chi connectivity index (χ1v) is 7.15. The number of nitrogen functional groups attached to an aromatic ring is 1. The van der Waals surface area contributed by atoms with Gasteiger partial charge in [0.05, 0.1) is 11.4 Å². The van der Waals surface area contributed by atoms with E-state index in [9.17, 15) is 8.42 Å². The molecule has 0 aromatic heterocycles. The van der Waals surface area contributed by atoms with E-state index in [1.54, 1.807) is 19.2 Å². The predicted molar refractivity (Wildman–Crippen MR) is 71.8 cm³/mol. The Morgan fingerprint density at radius 1 is 1.33 bits per heavy atom. The van der Waals surface area contributed by atoms with Crippen molar-refractivity contribution in [1.29, 1.82) is 0 Å². The molecule has 0 bridgehead atoms. The standard InChI is InChI=1S/C11H19N3O3S/c1-17-8-3-2-7-14-9-5-4-6-10(11(9)12)18(13,15)16/h4-6,14H,2-3,7-8,12H2,1H3,(H2,13,15,16). The summed E-state index contributed by atoms with van der Waals surface area (Å²) in [6.45, 7) is 1.40. The molecule has 5 N–H and O–H groups in total. The molecule has 0 atom stereocenters. The molecule has 0 aliphatic rings. The van der Waals surface area contributed by atoms with Gasteiger partial charge in [-0.3, -0.25) is 0 Å². The first kappa shape index (κ1) is 14.7. The van der Waals surface area contributed by atoms with Crippen LogP contribution in [0, 0.1) is 0 Å². The molecule has 0 heterocycles. The third-order valence-corrected chi connectivity index (χ3v) is 3.43. The number of nitrogens with two attached hydrogens (primary N) is 2. The minimum atomic E-state index is -3.78. The molecule has 0 saturated heterocycles. The second-order valence-electron chi connectivity index (χ2n) is 3.89. The van der Waals surface area contributed by atoms with Gasteiger partial charge in [-0.2, -0.15) is 0 Å². The lowest BCUT2D eigenvalue weighted by Crippen LogP contribution is -2.15. The summed E-state index contributed by atoms with van der Waals surface area (Å²) in [5.41, 5.74) is 6.51. The van der Waals surface area contributed by atoms with Gasteiger partial charge in [0, 0.05) is 20.3 Å². The van der Waals surface area contributed by atoms with Crippen molar-refractivity contribution in [3.63, 3.8) is 0 Å². The van der Waals surface area contributed by atoms with Gasteiger partial charge in [-0.25, -0.2) is 13.6 Å². The molecule has 6 nitrogen and oxygen atoms in total. The van der Waals surface area contributed by atoms with Crippen LogP contribution in [-0.4, -0.2) is 28.7 Å². The fraction of sp³-hybridized carbons (Fsp3) is 0.455. The van der Waals surface area contributed by atoms with Crippen LogP contribution in [0.4, 0.5) is 11.4 Å². The lowest BCUT2D eigenvalue weighted by molar-refractivity contribution is 0.194. The number of hydrogen-bond acceptors (Lipinski definition) is 5. The van der Waals surface area contributed by atoms with E-state index in [1.165, 1.54) is 6.07 Å². The lowest BCUT2D eigenvalue weighted by Gasteiger charge is -2.11. The minimum absolute atomic E-state index is 0.0515. The molecular weight excluding hydrogens is 254 g/mol. The van der Waals surface area contributed by atoms with E-state index in [2.05, 4.69) is 5.32 Å². The van der Waals surface area contributed by atoms with Crippen LogP contribution in [0.25, 0.3) is 0 Å². The average molecular weight is 273 g/mol. The van der Waals surface area contributed by atoms with Crippen LogP contribution in [0.15, 0.2) is 23.1 Å². The van der Waals surface area contributed by atoms with Crippen molar-refractivity contribution in [2.75, 3.05) is 31.3 Å². The van der Waals surface area contributed by atoms with Gasteiger partial charge in [0.2, 0.25) is 10.0 Å². The summed E-state index contributed by atoms with van der Waals surface area (Å²) in [5, 5.41) is 8.15. The minimum Gasteiger partial charge on any atom is -0.396 e. The molecule has 1 aromatic carbocycles. The summed E-state index contributed by atoms with van der Waals surface area (Å²) in [6, 6.07) is 4.72. The number of hydrogen-bond donors (Lipinski definition) is 3. The van der Waals surface area contributed by atoms with Gasteiger partial charge in [0.25, 0.3) is 0 Å². The Bertz CT molecular complexity index is 488. The van der Waals surface area contributed by atoms with E-state index in [4.69, 9.17) is 15.6 Å². The van der Waals surface area contributed by atoms with Gasteiger partial charge >= 0.3 is 0 Å². The van der Waals surface area contributed by atoms with Crippen LogP contribution in [0.2, 0.25) is 0 Å². The molecule has 1 rings (SSSR count). The molecule has 18 heavy (non-hydrogen) atoms. The number of para-hydroxylation sites is 1. The quantitative estimate of drug-likeness (QED) is 0.502. The molecule has 0 aliphatic carbocycles. The van der Waals surface area contributed by atoms with E-state index < -0.39 is 10.0 Å². The number of unbranched alkanes of at least 4 members (excludes halogenated alkanes) is 1. The Hall–Kier alpha value is -1.31. The monoisotopic (exact) mass is 273 g/mol. The van der Waals surface area contributed by atoms with E-state index in [0.717, 1.165) is 12.8 Å². The van der Waals surface area contributed by atoms with Gasteiger partial charge < -0.3 is 15.8 Å². The number of sulfonamides is 1. The third kappa shape index (κ3) is 4.17. The van der Waals surface area contributed by atoms with E-state index in [0.29, 0.717) is 18.8 Å². The van der Waals surface area contributed by atoms with Crippen molar-refractivity contribution < 1.29 is 13.2 Å². The molecular formula is C11H19N3O3S. The van der Waals surface area contributed by atoms with Gasteiger partial charge in [-0.05, 0) is 25.0 Å². The van der Waals surface area contributed by atoms with Crippen molar-refractivity contribution >= 4 is 21.4 Å². The molecule has 0 unspecified atom stereocenters. The highest BCUT2D eigenvalue weighted by Gasteiger charge is 2.14. The molecule has 0 spiro atoms. The Morgan fingerprint density at radius 2 is 2.06 bits per heavy atom. The highest BCUT2D eigenvalue weighted by atomic mass is 32.2. The van der Waals surface area contributed by atoms with Gasteiger partial charge in [-0.1, -0.05) is 6.07 Å². The predicted octanol–water partition coefficient (Wildman–Crippen LogP) is 0.755. The number of rotatable bonds is 7. The van der Waals surface area contributed by atoms with Crippen LogP contribution < -0.4 is 16.2 Å².